The van der Waals surface area contributed by atoms with Crippen LogP contribution in [0.5, 0.6) is 0 Å². The van der Waals surface area contributed by atoms with E-state index in [4.69, 9.17) is 4.74 Å². The van der Waals surface area contributed by atoms with Gasteiger partial charge in [-0.05, 0) is 18.6 Å². The molecule has 1 N–H and O–H groups in total. The second-order valence-corrected chi connectivity index (χ2v) is 6.51. The molecule has 0 radical (unpaired) electrons. The van der Waals surface area contributed by atoms with Gasteiger partial charge in [-0.2, -0.15) is 0 Å². The van der Waals surface area contributed by atoms with Crippen LogP contribution in [-0.2, 0) is 9.53 Å². The summed E-state index contributed by atoms with van der Waals surface area (Å²) in [5.41, 5.74) is 1.85. The summed E-state index contributed by atoms with van der Waals surface area (Å²) < 4.78 is 4.96. The van der Waals surface area contributed by atoms with Gasteiger partial charge in [0.15, 0.2) is 0 Å². The number of hydrogen-bond acceptors (Lipinski definition) is 6. The second kappa shape index (κ2) is 9.38. The Balaban J connectivity index is 1.48. The van der Waals surface area contributed by atoms with E-state index in [1.807, 2.05) is 24.3 Å². The van der Waals surface area contributed by atoms with Crippen LogP contribution in [0.2, 0.25) is 0 Å². The van der Waals surface area contributed by atoms with Crippen molar-refractivity contribution in [2.24, 2.45) is 0 Å². The number of nitrogens with one attached hydrogen (secondary N) is 1. The van der Waals surface area contributed by atoms with Crippen LogP contribution in [0.4, 0.5) is 0 Å². The maximum Gasteiger partial charge on any atom is 0.274 e. The van der Waals surface area contributed by atoms with E-state index in [-0.39, 0.29) is 11.8 Å². The van der Waals surface area contributed by atoms with Crippen molar-refractivity contribution in [3.05, 3.63) is 36.2 Å². The molecule has 1 aliphatic rings. The molecule has 0 aliphatic carbocycles. The molecule has 1 fully saturated rings. The number of amides is 2. The number of piperazine rings is 1. The number of fused-ring (bicyclic) bond motifs is 1. The van der Waals surface area contributed by atoms with Gasteiger partial charge in [-0.3, -0.25) is 19.5 Å². The number of benzene rings is 1. The summed E-state index contributed by atoms with van der Waals surface area (Å²) in [6.07, 6.45) is 2.34. The SMILES string of the molecule is COCCCNC(=O)CN1CCN(C(=O)c2cnc3ccccc3n2)CC1. The van der Waals surface area contributed by atoms with Crippen LogP contribution >= 0.6 is 0 Å². The van der Waals surface area contributed by atoms with Crippen LogP contribution in [0.15, 0.2) is 30.5 Å². The third-order valence-corrected chi connectivity index (χ3v) is 4.54. The summed E-state index contributed by atoms with van der Waals surface area (Å²) in [6.45, 7) is 4.08. The molecule has 1 saturated heterocycles. The standard InChI is InChI=1S/C19H25N5O3/c1-27-12-4-7-20-18(25)14-23-8-10-24(11-9-23)19(26)17-13-21-15-5-2-3-6-16(15)22-17/h2-3,5-6,13H,4,7-12,14H2,1H3,(H,20,25). The summed E-state index contributed by atoms with van der Waals surface area (Å²) in [7, 11) is 1.64. The molecule has 1 aromatic heterocycles. The number of aromatic nitrogens is 2. The largest absolute Gasteiger partial charge is 0.385 e. The Morgan fingerprint density at radius 3 is 2.63 bits per heavy atom. The van der Waals surface area contributed by atoms with Crippen LogP contribution < -0.4 is 5.32 Å². The van der Waals surface area contributed by atoms with E-state index in [2.05, 4.69) is 20.2 Å². The van der Waals surface area contributed by atoms with E-state index < -0.39 is 0 Å². The quantitative estimate of drug-likeness (QED) is 0.715. The first-order valence-corrected chi connectivity index (χ1v) is 9.16. The van der Waals surface area contributed by atoms with E-state index >= 15 is 0 Å². The predicted octanol–water partition coefficient (Wildman–Crippen LogP) is 0.540. The van der Waals surface area contributed by atoms with Gasteiger partial charge < -0.3 is 15.0 Å². The Kier molecular flexibility index (Phi) is 6.67. The molecule has 0 atom stereocenters. The maximum absolute atomic E-state index is 12.7. The van der Waals surface area contributed by atoms with Gasteiger partial charge in [0.1, 0.15) is 5.69 Å². The van der Waals surface area contributed by atoms with Crippen molar-refractivity contribution >= 4 is 22.8 Å². The summed E-state index contributed by atoms with van der Waals surface area (Å²) in [6, 6.07) is 7.49. The lowest BCUT2D eigenvalue weighted by atomic mass is 10.2. The Hall–Kier alpha value is -2.58. The van der Waals surface area contributed by atoms with Gasteiger partial charge in [-0.1, -0.05) is 12.1 Å². The van der Waals surface area contributed by atoms with Gasteiger partial charge in [0.05, 0.1) is 23.8 Å². The minimum Gasteiger partial charge on any atom is -0.385 e. The third kappa shape index (κ3) is 5.21. The number of methoxy groups -OCH3 is 1. The minimum absolute atomic E-state index is 0.00581. The number of hydrogen-bond donors (Lipinski definition) is 1. The number of carbonyl (C=O) groups excluding carboxylic acids is 2. The highest BCUT2D eigenvalue weighted by molar-refractivity contribution is 5.93. The van der Waals surface area contributed by atoms with Gasteiger partial charge in [-0.15, -0.1) is 0 Å². The Morgan fingerprint density at radius 1 is 1.15 bits per heavy atom. The van der Waals surface area contributed by atoms with Gasteiger partial charge in [0.25, 0.3) is 5.91 Å². The van der Waals surface area contributed by atoms with E-state index in [9.17, 15) is 9.59 Å². The summed E-state index contributed by atoms with van der Waals surface area (Å²) in [4.78, 5) is 37.2. The van der Waals surface area contributed by atoms with E-state index in [0.717, 1.165) is 11.9 Å². The van der Waals surface area contributed by atoms with Crippen molar-refractivity contribution in [3.63, 3.8) is 0 Å². The lowest BCUT2D eigenvalue weighted by Gasteiger charge is -2.34. The van der Waals surface area contributed by atoms with Crippen LogP contribution in [0.3, 0.4) is 0 Å². The molecule has 8 nitrogen and oxygen atoms in total. The van der Waals surface area contributed by atoms with Gasteiger partial charge >= 0.3 is 0 Å². The van der Waals surface area contributed by atoms with Crippen LogP contribution in [-0.4, -0.2) is 84.6 Å². The number of carbonyl (C=O) groups is 2. The average molecular weight is 371 g/mol. The Morgan fingerprint density at radius 2 is 1.89 bits per heavy atom. The number of nitrogens with zero attached hydrogens (tertiary/aromatic N) is 4. The summed E-state index contributed by atoms with van der Waals surface area (Å²) in [5.74, 6) is -0.108. The smallest absolute Gasteiger partial charge is 0.274 e. The zero-order valence-electron chi connectivity index (χ0n) is 15.6. The van der Waals surface area contributed by atoms with Crippen LogP contribution in [0.1, 0.15) is 16.9 Å². The average Bonchev–Trinajstić information content (AvgIpc) is 2.71. The van der Waals surface area contributed by atoms with Crippen molar-refractivity contribution in [3.8, 4) is 0 Å². The fraction of sp³-hybridized carbons (Fsp3) is 0.474. The van der Waals surface area contributed by atoms with Gasteiger partial charge in [0.2, 0.25) is 5.91 Å². The Labute approximate surface area is 158 Å². The first-order chi connectivity index (χ1) is 13.2. The molecule has 0 spiro atoms. The molecule has 2 amide bonds. The zero-order chi connectivity index (χ0) is 19.1. The minimum atomic E-state index is -0.114. The lowest BCUT2D eigenvalue weighted by Crippen LogP contribution is -2.51. The molecule has 0 saturated carbocycles. The molecule has 1 aromatic carbocycles. The fourth-order valence-electron chi connectivity index (χ4n) is 3.03. The van der Waals surface area contributed by atoms with Crippen LogP contribution in [0.25, 0.3) is 11.0 Å². The van der Waals surface area contributed by atoms with E-state index in [1.165, 1.54) is 6.20 Å². The maximum atomic E-state index is 12.7. The third-order valence-electron chi connectivity index (χ3n) is 4.54. The topological polar surface area (TPSA) is 87.7 Å². The van der Waals surface area contributed by atoms with Crippen molar-refractivity contribution < 1.29 is 14.3 Å². The number of ether oxygens (including phenoxy) is 1. The second-order valence-electron chi connectivity index (χ2n) is 6.51. The summed E-state index contributed by atoms with van der Waals surface area (Å²) in [5, 5.41) is 2.88. The van der Waals surface area contributed by atoms with Crippen molar-refractivity contribution in [1.29, 1.82) is 0 Å². The highest BCUT2D eigenvalue weighted by Crippen LogP contribution is 2.11. The molecular formula is C19H25N5O3. The highest BCUT2D eigenvalue weighted by Gasteiger charge is 2.24. The fourth-order valence-corrected chi connectivity index (χ4v) is 3.03. The number of para-hydroxylation sites is 2. The molecule has 0 bridgehead atoms. The zero-order valence-corrected chi connectivity index (χ0v) is 15.6. The first-order valence-electron chi connectivity index (χ1n) is 9.16. The molecule has 27 heavy (non-hydrogen) atoms. The molecule has 3 rings (SSSR count). The van der Waals surface area contributed by atoms with Crippen molar-refractivity contribution in [1.82, 2.24) is 25.1 Å². The molecule has 1 aliphatic heterocycles. The molecule has 144 valence electrons. The van der Waals surface area contributed by atoms with Crippen molar-refractivity contribution in [2.45, 2.75) is 6.42 Å². The Bertz CT molecular complexity index is 790. The monoisotopic (exact) mass is 371 g/mol. The highest BCUT2D eigenvalue weighted by atomic mass is 16.5. The normalized spacial score (nSPS) is 15.1. The predicted molar refractivity (Wildman–Crippen MR) is 101 cm³/mol. The molecule has 2 aromatic rings. The molecule has 8 heteroatoms. The number of rotatable bonds is 7. The molecular weight excluding hydrogens is 346 g/mol. The van der Waals surface area contributed by atoms with Gasteiger partial charge in [-0.25, -0.2) is 4.98 Å². The van der Waals surface area contributed by atoms with Gasteiger partial charge in [0, 0.05) is 46.4 Å². The van der Waals surface area contributed by atoms with E-state index in [0.29, 0.717) is 57.1 Å². The van der Waals surface area contributed by atoms with Crippen LogP contribution in [0, 0.1) is 0 Å². The first kappa shape index (κ1) is 19.2. The van der Waals surface area contributed by atoms with E-state index in [1.54, 1.807) is 12.0 Å². The summed E-state index contributed by atoms with van der Waals surface area (Å²) >= 11 is 0. The van der Waals surface area contributed by atoms with Crippen molar-refractivity contribution in [2.75, 3.05) is 53.0 Å². The lowest BCUT2D eigenvalue weighted by molar-refractivity contribution is -0.122. The molecule has 2 heterocycles. The molecule has 0 unspecified atom stereocenters.